The summed E-state index contributed by atoms with van der Waals surface area (Å²) in [6, 6.07) is 3.59. The molecule has 104 valence electrons. The molecule has 0 bridgehead atoms. The molecule has 1 amide bonds. The van der Waals surface area contributed by atoms with Gasteiger partial charge in [-0.1, -0.05) is 6.07 Å². The van der Waals surface area contributed by atoms with Gasteiger partial charge < -0.3 is 10.4 Å². The minimum absolute atomic E-state index is 0.150. The Hall–Kier alpha value is -2.28. The Bertz CT molecular complexity index is 625. The SMILES string of the molecule is Cc1nc(CNC(=O)Cc2cccnc2)sc1C(=O)O. The highest BCUT2D eigenvalue weighted by molar-refractivity contribution is 7.13. The average molecular weight is 291 g/mol. The lowest BCUT2D eigenvalue weighted by Gasteiger charge is -2.02. The van der Waals surface area contributed by atoms with Crippen LogP contribution in [0, 0.1) is 6.92 Å². The molecule has 0 fully saturated rings. The zero-order valence-corrected chi connectivity index (χ0v) is 11.6. The number of carboxylic acid groups (broad SMARTS) is 1. The van der Waals surface area contributed by atoms with E-state index in [4.69, 9.17) is 5.11 Å². The van der Waals surface area contributed by atoms with Gasteiger partial charge in [-0.25, -0.2) is 9.78 Å². The van der Waals surface area contributed by atoms with E-state index in [1.807, 2.05) is 6.07 Å². The Morgan fingerprint density at radius 3 is 2.85 bits per heavy atom. The molecule has 0 aliphatic carbocycles. The van der Waals surface area contributed by atoms with Crippen LogP contribution in [-0.2, 0) is 17.8 Å². The number of aryl methyl sites for hydroxylation is 1. The molecular weight excluding hydrogens is 278 g/mol. The molecule has 0 atom stereocenters. The van der Waals surface area contributed by atoms with Crippen LogP contribution in [0.4, 0.5) is 0 Å². The minimum Gasteiger partial charge on any atom is -0.477 e. The monoisotopic (exact) mass is 291 g/mol. The van der Waals surface area contributed by atoms with E-state index < -0.39 is 5.97 Å². The van der Waals surface area contributed by atoms with Gasteiger partial charge in [-0.3, -0.25) is 9.78 Å². The number of nitrogens with one attached hydrogen (secondary N) is 1. The summed E-state index contributed by atoms with van der Waals surface area (Å²) in [7, 11) is 0. The van der Waals surface area contributed by atoms with Crippen molar-refractivity contribution in [3.05, 3.63) is 45.7 Å². The van der Waals surface area contributed by atoms with E-state index >= 15 is 0 Å². The van der Waals surface area contributed by atoms with Crippen LogP contribution in [-0.4, -0.2) is 27.0 Å². The Labute approximate surface area is 119 Å². The lowest BCUT2D eigenvalue weighted by molar-refractivity contribution is -0.120. The highest BCUT2D eigenvalue weighted by Crippen LogP contribution is 2.17. The fraction of sp³-hybridized carbons (Fsp3) is 0.231. The van der Waals surface area contributed by atoms with Crippen molar-refractivity contribution in [1.82, 2.24) is 15.3 Å². The van der Waals surface area contributed by atoms with E-state index in [9.17, 15) is 9.59 Å². The summed E-state index contributed by atoms with van der Waals surface area (Å²) in [6.45, 7) is 1.87. The molecule has 2 rings (SSSR count). The van der Waals surface area contributed by atoms with Crippen molar-refractivity contribution in [1.29, 1.82) is 0 Å². The maximum Gasteiger partial charge on any atom is 0.347 e. The Kier molecular flexibility index (Phi) is 4.41. The molecular formula is C13H13N3O3S. The van der Waals surface area contributed by atoms with E-state index in [0.717, 1.165) is 16.9 Å². The molecule has 0 radical (unpaired) electrons. The standard InChI is InChI=1S/C13H13N3O3S/c1-8-12(13(18)19)20-11(16-8)7-15-10(17)5-9-3-2-4-14-6-9/h2-4,6H,5,7H2,1H3,(H,15,17)(H,18,19). The zero-order chi connectivity index (χ0) is 14.5. The molecule has 2 N–H and O–H groups in total. The Morgan fingerprint density at radius 2 is 2.25 bits per heavy atom. The normalized spacial score (nSPS) is 10.2. The van der Waals surface area contributed by atoms with Crippen molar-refractivity contribution < 1.29 is 14.7 Å². The van der Waals surface area contributed by atoms with Crippen LogP contribution in [0.25, 0.3) is 0 Å². The van der Waals surface area contributed by atoms with Gasteiger partial charge in [0.25, 0.3) is 0 Å². The molecule has 0 aliphatic heterocycles. The number of pyridine rings is 1. The zero-order valence-electron chi connectivity index (χ0n) is 10.8. The van der Waals surface area contributed by atoms with Gasteiger partial charge >= 0.3 is 5.97 Å². The second-order valence-electron chi connectivity index (χ2n) is 4.14. The second kappa shape index (κ2) is 6.25. The number of nitrogens with zero attached hydrogens (tertiary/aromatic N) is 2. The summed E-state index contributed by atoms with van der Waals surface area (Å²) in [5.41, 5.74) is 1.30. The summed E-state index contributed by atoms with van der Waals surface area (Å²) >= 11 is 1.08. The predicted octanol–water partition coefficient (Wildman–Crippen LogP) is 1.40. The number of aromatic carboxylic acids is 1. The van der Waals surface area contributed by atoms with Crippen molar-refractivity contribution >= 4 is 23.2 Å². The summed E-state index contributed by atoms with van der Waals surface area (Å²) < 4.78 is 0. The third kappa shape index (κ3) is 3.61. The summed E-state index contributed by atoms with van der Waals surface area (Å²) in [5, 5.41) is 12.2. The van der Waals surface area contributed by atoms with Crippen LogP contribution in [0.2, 0.25) is 0 Å². The van der Waals surface area contributed by atoms with Gasteiger partial charge in [0.05, 0.1) is 18.7 Å². The second-order valence-corrected chi connectivity index (χ2v) is 5.23. The maximum absolute atomic E-state index is 11.7. The minimum atomic E-state index is -0.993. The third-order valence-electron chi connectivity index (χ3n) is 2.56. The molecule has 2 heterocycles. The maximum atomic E-state index is 11.7. The molecule has 20 heavy (non-hydrogen) atoms. The van der Waals surface area contributed by atoms with Crippen molar-refractivity contribution in [2.45, 2.75) is 19.9 Å². The molecule has 2 aromatic rings. The number of carbonyl (C=O) groups is 2. The molecule has 0 aliphatic rings. The summed E-state index contributed by atoms with van der Waals surface area (Å²) in [5.74, 6) is -1.14. The highest BCUT2D eigenvalue weighted by Gasteiger charge is 2.14. The van der Waals surface area contributed by atoms with Crippen LogP contribution < -0.4 is 5.32 Å². The Balaban J connectivity index is 1.90. The molecule has 2 aromatic heterocycles. The number of carboxylic acids is 1. The van der Waals surface area contributed by atoms with E-state index in [1.54, 1.807) is 25.4 Å². The molecule has 0 saturated heterocycles. The lowest BCUT2D eigenvalue weighted by atomic mass is 10.2. The quantitative estimate of drug-likeness (QED) is 0.868. The average Bonchev–Trinajstić information content (AvgIpc) is 2.79. The fourth-order valence-corrected chi connectivity index (χ4v) is 2.49. The molecule has 0 unspecified atom stereocenters. The van der Waals surface area contributed by atoms with Crippen LogP contribution >= 0.6 is 11.3 Å². The number of carbonyl (C=O) groups excluding carboxylic acids is 1. The van der Waals surface area contributed by atoms with Crippen molar-refractivity contribution in [3.63, 3.8) is 0 Å². The van der Waals surface area contributed by atoms with E-state index in [-0.39, 0.29) is 23.7 Å². The first kappa shape index (κ1) is 14.1. The molecule has 0 saturated carbocycles. The van der Waals surface area contributed by atoms with Gasteiger partial charge in [-0.2, -0.15) is 0 Å². The summed E-state index contributed by atoms with van der Waals surface area (Å²) in [6.07, 6.45) is 3.52. The van der Waals surface area contributed by atoms with Gasteiger partial charge in [0, 0.05) is 12.4 Å². The van der Waals surface area contributed by atoms with Gasteiger partial charge in [-0.05, 0) is 18.6 Å². The first-order valence-electron chi connectivity index (χ1n) is 5.91. The highest BCUT2D eigenvalue weighted by atomic mass is 32.1. The number of aromatic nitrogens is 2. The van der Waals surface area contributed by atoms with Crippen LogP contribution in [0.3, 0.4) is 0 Å². The van der Waals surface area contributed by atoms with Gasteiger partial charge in [0.2, 0.25) is 5.91 Å². The van der Waals surface area contributed by atoms with Crippen LogP contribution in [0.5, 0.6) is 0 Å². The van der Waals surface area contributed by atoms with Crippen LogP contribution in [0.1, 0.15) is 25.9 Å². The number of rotatable bonds is 5. The lowest BCUT2D eigenvalue weighted by Crippen LogP contribution is -2.24. The number of amides is 1. The molecule has 0 spiro atoms. The van der Waals surface area contributed by atoms with Crippen molar-refractivity contribution in [3.8, 4) is 0 Å². The van der Waals surface area contributed by atoms with Gasteiger partial charge in [-0.15, -0.1) is 11.3 Å². The number of hydrogen-bond acceptors (Lipinski definition) is 5. The fourth-order valence-electron chi connectivity index (χ4n) is 1.65. The van der Waals surface area contributed by atoms with Crippen molar-refractivity contribution in [2.24, 2.45) is 0 Å². The molecule has 7 heteroatoms. The van der Waals surface area contributed by atoms with E-state index in [0.29, 0.717) is 10.7 Å². The van der Waals surface area contributed by atoms with Crippen LogP contribution in [0.15, 0.2) is 24.5 Å². The smallest absolute Gasteiger partial charge is 0.347 e. The number of hydrogen-bond donors (Lipinski definition) is 2. The Morgan fingerprint density at radius 1 is 1.45 bits per heavy atom. The van der Waals surface area contributed by atoms with Gasteiger partial charge in [0.15, 0.2) is 0 Å². The molecule has 6 nitrogen and oxygen atoms in total. The number of thiazole rings is 1. The summed E-state index contributed by atoms with van der Waals surface area (Å²) in [4.78, 5) is 30.9. The van der Waals surface area contributed by atoms with Gasteiger partial charge in [0.1, 0.15) is 9.88 Å². The van der Waals surface area contributed by atoms with Crippen molar-refractivity contribution in [2.75, 3.05) is 0 Å². The predicted molar refractivity (Wildman–Crippen MR) is 73.6 cm³/mol. The first-order chi connectivity index (χ1) is 9.56. The largest absolute Gasteiger partial charge is 0.477 e. The molecule has 0 aromatic carbocycles. The van der Waals surface area contributed by atoms with E-state index in [2.05, 4.69) is 15.3 Å². The topological polar surface area (TPSA) is 92.2 Å². The third-order valence-corrected chi connectivity index (χ3v) is 3.70. The van der Waals surface area contributed by atoms with E-state index in [1.165, 1.54) is 0 Å². The first-order valence-corrected chi connectivity index (χ1v) is 6.73.